The smallest absolute Gasteiger partial charge is 0.185 e. The number of halogens is 1. The number of benzene rings is 2. The van der Waals surface area contributed by atoms with E-state index in [4.69, 9.17) is 14.7 Å². The first-order chi connectivity index (χ1) is 11.1. The van der Waals surface area contributed by atoms with Gasteiger partial charge in [0.2, 0.25) is 0 Å². The van der Waals surface area contributed by atoms with Gasteiger partial charge in [0, 0.05) is 10.0 Å². The number of carbonyl (C=O) groups excluding carboxylic acids is 1. The van der Waals surface area contributed by atoms with Gasteiger partial charge in [-0.1, -0.05) is 40.2 Å². The van der Waals surface area contributed by atoms with Crippen molar-refractivity contribution in [3.8, 4) is 17.6 Å². The summed E-state index contributed by atoms with van der Waals surface area (Å²) in [6.07, 6.45) is 3.21. The summed E-state index contributed by atoms with van der Waals surface area (Å²) in [5.41, 5.74) is 1.41. The SMILES string of the molecule is COc1cc(C=CC(=O)c2cccc(Br)c2)ccc1OCC#N. The minimum Gasteiger partial charge on any atom is -0.493 e. The van der Waals surface area contributed by atoms with Crippen LogP contribution in [0.3, 0.4) is 0 Å². The molecular formula is C18H14BrNO3. The van der Waals surface area contributed by atoms with E-state index in [-0.39, 0.29) is 12.4 Å². The number of ketones is 1. The standard InChI is InChI=1S/C18H14BrNO3/c1-22-18-11-13(6-8-17(18)23-10-9-20)5-7-16(21)14-3-2-4-15(19)12-14/h2-8,11-12H,10H2,1H3. The van der Waals surface area contributed by atoms with Crippen molar-refractivity contribution in [1.29, 1.82) is 5.26 Å². The normalized spacial score (nSPS) is 10.3. The fraction of sp³-hybridized carbons (Fsp3) is 0.111. The average molecular weight is 372 g/mol. The molecule has 0 amide bonds. The number of nitrogens with zero attached hydrogens (tertiary/aromatic N) is 1. The first kappa shape index (κ1) is 16.8. The third-order valence-corrected chi connectivity index (χ3v) is 3.51. The third-order valence-electron chi connectivity index (χ3n) is 3.02. The van der Waals surface area contributed by atoms with E-state index in [1.54, 1.807) is 36.4 Å². The van der Waals surface area contributed by atoms with E-state index >= 15 is 0 Å². The van der Waals surface area contributed by atoms with Crippen molar-refractivity contribution in [2.75, 3.05) is 13.7 Å². The number of allylic oxidation sites excluding steroid dienone is 1. The molecule has 0 atom stereocenters. The second kappa shape index (κ2) is 8.16. The quantitative estimate of drug-likeness (QED) is 0.562. The fourth-order valence-electron chi connectivity index (χ4n) is 1.93. The highest BCUT2D eigenvalue weighted by Crippen LogP contribution is 2.28. The van der Waals surface area contributed by atoms with Gasteiger partial charge in [0.15, 0.2) is 23.9 Å². The van der Waals surface area contributed by atoms with E-state index in [1.807, 2.05) is 18.2 Å². The minimum absolute atomic E-state index is 0.0487. The summed E-state index contributed by atoms with van der Waals surface area (Å²) in [6, 6.07) is 14.4. The first-order valence-electron chi connectivity index (χ1n) is 6.80. The first-order valence-corrected chi connectivity index (χ1v) is 7.59. The van der Waals surface area contributed by atoms with Crippen LogP contribution in [0.1, 0.15) is 15.9 Å². The molecule has 23 heavy (non-hydrogen) atoms. The highest BCUT2D eigenvalue weighted by molar-refractivity contribution is 9.10. The molecule has 0 bridgehead atoms. The molecule has 5 heteroatoms. The zero-order valence-electron chi connectivity index (χ0n) is 12.5. The molecule has 0 radical (unpaired) electrons. The van der Waals surface area contributed by atoms with Gasteiger partial charge >= 0.3 is 0 Å². The summed E-state index contributed by atoms with van der Waals surface area (Å²) in [7, 11) is 1.52. The molecule has 0 aliphatic rings. The minimum atomic E-state index is -0.0879. The van der Waals surface area contributed by atoms with E-state index < -0.39 is 0 Å². The summed E-state index contributed by atoms with van der Waals surface area (Å²) in [6.45, 7) is -0.0487. The van der Waals surface area contributed by atoms with Gasteiger partial charge in [-0.05, 0) is 35.9 Å². The predicted molar refractivity (Wildman–Crippen MR) is 91.6 cm³/mol. The van der Waals surface area contributed by atoms with E-state index in [1.165, 1.54) is 13.2 Å². The zero-order valence-corrected chi connectivity index (χ0v) is 14.0. The molecule has 0 aromatic heterocycles. The molecule has 0 saturated heterocycles. The Bertz CT molecular complexity index is 778. The van der Waals surface area contributed by atoms with E-state index in [2.05, 4.69) is 15.9 Å². The maximum atomic E-state index is 12.1. The van der Waals surface area contributed by atoms with Crippen LogP contribution in [-0.2, 0) is 0 Å². The monoisotopic (exact) mass is 371 g/mol. The van der Waals surface area contributed by atoms with Crippen LogP contribution >= 0.6 is 15.9 Å². The highest BCUT2D eigenvalue weighted by atomic mass is 79.9. The molecule has 0 saturated carbocycles. The van der Waals surface area contributed by atoms with Crippen molar-refractivity contribution >= 4 is 27.8 Å². The van der Waals surface area contributed by atoms with E-state index in [0.717, 1.165) is 10.0 Å². The van der Waals surface area contributed by atoms with Crippen LogP contribution in [0.25, 0.3) is 6.08 Å². The van der Waals surface area contributed by atoms with Crippen molar-refractivity contribution < 1.29 is 14.3 Å². The van der Waals surface area contributed by atoms with Crippen LogP contribution < -0.4 is 9.47 Å². The molecule has 0 spiro atoms. The van der Waals surface area contributed by atoms with Gasteiger partial charge in [0.05, 0.1) is 7.11 Å². The summed E-state index contributed by atoms with van der Waals surface area (Å²) in [5, 5.41) is 8.55. The Morgan fingerprint density at radius 1 is 1.26 bits per heavy atom. The summed E-state index contributed by atoms with van der Waals surface area (Å²) in [4.78, 5) is 12.1. The molecule has 2 aromatic rings. The number of ether oxygens (including phenoxy) is 2. The van der Waals surface area contributed by atoms with Gasteiger partial charge in [0.1, 0.15) is 6.07 Å². The molecule has 2 rings (SSSR count). The maximum absolute atomic E-state index is 12.1. The van der Waals surface area contributed by atoms with Gasteiger partial charge in [-0.25, -0.2) is 0 Å². The number of rotatable bonds is 6. The van der Waals surface area contributed by atoms with Gasteiger partial charge in [-0.3, -0.25) is 4.79 Å². The van der Waals surface area contributed by atoms with Crippen molar-refractivity contribution in [3.05, 3.63) is 64.1 Å². The molecule has 0 aliphatic heterocycles. The predicted octanol–water partition coefficient (Wildman–Crippen LogP) is 4.26. The molecule has 0 heterocycles. The largest absolute Gasteiger partial charge is 0.493 e. The second-order valence-electron chi connectivity index (χ2n) is 4.57. The topological polar surface area (TPSA) is 59.3 Å². The molecule has 0 N–H and O–H groups in total. The van der Waals surface area contributed by atoms with Gasteiger partial charge < -0.3 is 9.47 Å². The van der Waals surface area contributed by atoms with E-state index in [0.29, 0.717) is 17.1 Å². The fourth-order valence-corrected chi connectivity index (χ4v) is 2.33. The molecule has 4 nitrogen and oxygen atoms in total. The Morgan fingerprint density at radius 2 is 2.09 bits per heavy atom. The lowest BCUT2D eigenvalue weighted by molar-refractivity contribution is 0.104. The van der Waals surface area contributed by atoms with Crippen LogP contribution in [0.2, 0.25) is 0 Å². The lowest BCUT2D eigenvalue weighted by atomic mass is 10.1. The number of hydrogen-bond acceptors (Lipinski definition) is 4. The molecule has 0 fully saturated rings. The number of methoxy groups -OCH3 is 1. The van der Waals surface area contributed by atoms with E-state index in [9.17, 15) is 4.79 Å². The molecule has 0 unspecified atom stereocenters. The Kier molecular flexibility index (Phi) is 5.95. The number of carbonyl (C=O) groups is 1. The number of nitriles is 1. The summed E-state index contributed by atoms with van der Waals surface area (Å²) < 4.78 is 11.3. The summed E-state index contributed by atoms with van der Waals surface area (Å²) >= 11 is 3.34. The lowest BCUT2D eigenvalue weighted by Gasteiger charge is -2.08. The number of hydrogen-bond donors (Lipinski definition) is 0. The van der Waals surface area contributed by atoms with Crippen LogP contribution in [0.5, 0.6) is 11.5 Å². The van der Waals surface area contributed by atoms with Crippen LogP contribution in [-0.4, -0.2) is 19.5 Å². The molecular weight excluding hydrogens is 358 g/mol. The van der Waals surface area contributed by atoms with Crippen molar-refractivity contribution in [1.82, 2.24) is 0 Å². The third kappa shape index (κ3) is 4.70. The molecule has 0 aliphatic carbocycles. The highest BCUT2D eigenvalue weighted by Gasteiger charge is 2.06. The van der Waals surface area contributed by atoms with Gasteiger partial charge in [-0.2, -0.15) is 5.26 Å². The van der Waals surface area contributed by atoms with Crippen molar-refractivity contribution in [3.63, 3.8) is 0 Å². The second-order valence-corrected chi connectivity index (χ2v) is 5.48. The van der Waals surface area contributed by atoms with Gasteiger partial charge in [-0.15, -0.1) is 0 Å². The Labute approximate surface area is 143 Å². The summed E-state index contributed by atoms with van der Waals surface area (Å²) in [5.74, 6) is 0.914. The molecule has 2 aromatic carbocycles. The Hall–Kier alpha value is -2.58. The van der Waals surface area contributed by atoms with Crippen molar-refractivity contribution in [2.45, 2.75) is 0 Å². The maximum Gasteiger partial charge on any atom is 0.185 e. The Balaban J connectivity index is 2.16. The van der Waals surface area contributed by atoms with Crippen molar-refractivity contribution in [2.24, 2.45) is 0 Å². The Morgan fingerprint density at radius 3 is 2.78 bits per heavy atom. The van der Waals surface area contributed by atoms with Gasteiger partial charge in [0.25, 0.3) is 0 Å². The van der Waals surface area contributed by atoms with Crippen LogP contribution in [0, 0.1) is 11.3 Å². The lowest BCUT2D eigenvalue weighted by Crippen LogP contribution is -1.97. The van der Waals surface area contributed by atoms with Crippen LogP contribution in [0.4, 0.5) is 0 Å². The zero-order chi connectivity index (χ0) is 16.7. The van der Waals surface area contributed by atoms with Crippen LogP contribution in [0.15, 0.2) is 53.0 Å². The molecule has 116 valence electrons. The average Bonchev–Trinajstić information content (AvgIpc) is 2.58.